The number of hydrogen-bond acceptors (Lipinski definition) is 5. The van der Waals surface area contributed by atoms with Crippen LogP contribution in [0.2, 0.25) is 0 Å². The van der Waals surface area contributed by atoms with E-state index in [0.29, 0.717) is 0 Å². The zero-order valence-electron chi connectivity index (χ0n) is 7.34. The summed E-state index contributed by atoms with van der Waals surface area (Å²) in [5, 5.41) is 37.2. The summed E-state index contributed by atoms with van der Waals surface area (Å²) >= 11 is 0. The molecule has 1 fully saturated rings. The summed E-state index contributed by atoms with van der Waals surface area (Å²) in [5.41, 5.74) is -1.70. The minimum atomic E-state index is -1.70. The number of rotatable bonds is 1. The minimum Gasteiger partial charge on any atom is -0.390 e. The van der Waals surface area contributed by atoms with Crippen molar-refractivity contribution < 1.29 is 25.2 Å². The topological polar surface area (TPSA) is 98.0 Å². The number of Topliss-reactive ketones (excluding diaryl/α,β-unsaturated/α-hetero) is 1. The van der Waals surface area contributed by atoms with Crippen LogP contribution in [-0.2, 0) is 4.79 Å². The predicted molar refractivity (Wildman–Crippen MR) is 42.9 cm³/mol. The van der Waals surface area contributed by atoms with Gasteiger partial charge in [0.2, 0.25) is 0 Å². The molecule has 0 heterocycles. The van der Waals surface area contributed by atoms with Crippen molar-refractivity contribution in [3.05, 3.63) is 0 Å². The highest BCUT2D eigenvalue weighted by Crippen LogP contribution is 2.29. The Hall–Kier alpha value is -0.490. The Bertz CT molecular complexity index is 203. The molecule has 0 saturated heterocycles. The first-order valence-electron chi connectivity index (χ1n) is 4.14. The van der Waals surface area contributed by atoms with Gasteiger partial charge in [0.25, 0.3) is 0 Å². The SMILES string of the molecule is CC(=O)C1(O)CC(O)C(O)[C@H](O)C1. The van der Waals surface area contributed by atoms with E-state index >= 15 is 0 Å². The summed E-state index contributed by atoms with van der Waals surface area (Å²) in [5.74, 6) is -0.502. The molecule has 0 aliphatic heterocycles. The van der Waals surface area contributed by atoms with Crippen molar-refractivity contribution in [2.45, 2.75) is 43.7 Å². The van der Waals surface area contributed by atoms with Gasteiger partial charge in [-0.3, -0.25) is 4.79 Å². The number of aliphatic hydroxyl groups excluding tert-OH is 3. The number of ketones is 1. The number of carbonyl (C=O) groups is 1. The predicted octanol–water partition coefficient (Wildman–Crippen LogP) is -1.82. The molecule has 0 aromatic heterocycles. The monoisotopic (exact) mass is 190 g/mol. The van der Waals surface area contributed by atoms with Crippen LogP contribution in [0.15, 0.2) is 0 Å². The van der Waals surface area contributed by atoms with Crippen molar-refractivity contribution in [1.29, 1.82) is 0 Å². The molecule has 4 atom stereocenters. The van der Waals surface area contributed by atoms with E-state index in [2.05, 4.69) is 0 Å². The lowest BCUT2D eigenvalue weighted by Gasteiger charge is -2.38. The lowest BCUT2D eigenvalue weighted by atomic mass is 9.77. The van der Waals surface area contributed by atoms with Gasteiger partial charge >= 0.3 is 0 Å². The maximum Gasteiger partial charge on any atom is 0.161 e. The quantitative estimate of drug-likeness (QED) is 0.390. The second kappa shape index (κ2) is 3.34. The normalized spacial score (nSPS) is 46.1. The summed E-state index contributed by atoms with van der Waals surface area (Å²) in [6.07, 6.45) is -4.23. The Morgan fingerprint density at radius 2 is 1.62 bits per heavy atom. The Kier molecular flexibility index (Phi) is 2.72. The second-order valence-electron chi connectivity index (χ2n) is 3.62. The van der Waals surface area contributed by atoms with Crippen LogP contribution >= 0.6 is 0 Å². The molecule has 0 aromatic carbocycles. The summed E-state index contributed by atoms with van der Waals surface area (Å²) in [6, 6.07) is 0. The van der Waals surface area contributed by atoms with Crippen molar-refractivity contribution in [3.8, 4) is 0 Å². The molecule has 1 aliphatic carbocycles. The Morgan fingerprint density at radius 3 is 1.92 bits per heavy atom. The van der Waals surface area contributed by atoms with Gasteiger partial charge in [0.15, 0.2) is 5.78 Å². The largest absolute Gasteiger partial charge is 0.390 e. The highest BCUT2D eigenvalue weighted by Gasteiger charge is 2.46. The van der Waals surface area contributed by atoms with Crippen LogP contribution in [0.1, 0.15) is 19.8 Å². The van der Waals surface area contributed by atoms with E-state index in [1.807, 2.05) is 0 Å². The lowest BCUT2D eigenvalue weighted by Crippen LogP contribution is -2.55. The van der Waals surface area contributed by atoms with Gasteiger partial charge in [0.1, 0.15) is 11.7 Å². The third kappa shape index (κ3) is 1.88. The molecule has 0 spiro atoms. The molecule has 4 N–H and O–H groups in total. The lowest BCUT2D eigenvalue weighted by molar-refractivity contribution is -0.169. The van der Waals surface area contributed by atoms with Crippen LogP contribution in [0.3, 0.4) is 0 Å². The number of hydrogen-bond donors (Lipinski definition) is 4. The van der Waals surface area contributed by atoms with Crippen molar-refractivity contribution in [2.24, 2.45) is 0 Å². The molecule has 1 saturated carbocycles. The van der Waals surface area contributed by atoms with Crippen LogP contribution in [-0.4, -0.2) is 50.1 Å². The van der Waals surface area contributed by atoms with Gasteiger partial charge in [0, 0.05) is 12.8 Å². The van der Waals surface area contributed by atoms with Crippen molar-refractivity contribution in [3.63, 3.8) is 0 Å². The minimum absolute atomic E-state index is 0.222. The molecular formula is C8H14O5. The average molecular weight is 190 g/mol. The van der Waals surface area contributed by atoms with E-state index in [4.69, 9.17) is 5.11 Å². The number of aliphatic hydroxyl groups is 4. The molecule has 76 valence electrons. The Balaban J connectivity index is 2.79. The second-order valence-corrected chi connectivity index (χ2v) is 3.62. The third-order valence-corrected chi connectivity index (χ3v) is 2.54. The molecule has 0 aromatic rings. The fraction of sp³-hybridized carbons (Fsp3) is 0.875. The summed E-state index contributed by atoms with van der Waals surface area (Å²) in [6.45, 7) is 1.19. The van der Waals surface area contributed by atoms with Crippen molar-refractivity contribution in [2.75, 3.05) is 0 Å². The zero-order chi connectivity index (χ0) is 10.2. The van der Waals surface area contributed by atoms with E-state index in [1.165, 1.54) is 6.92 Å². The molecule has 1 aliphatic rings. The first kappa shape index (κ1) is 10.6. The van der Waals surface area contributed by atoms with Gasteiger partial charge in [-0.25, -0.2) is 0 Å². The maximum absolute atomic E-state index is 11.0. The van der Waals surface area contributed by atoms with Gasteiger partial charge in [-0.05, 0) is 6.92 Å². The molecule has 0 bridgehead atoms. The molecule has 5 heteroatoms. The first-order chi connectivity index (χ1) is 5.87. The van der Waals surface area contributed by atoms with Crippen LogP contribution in [0, 0.1) is 0 Å². The highest BCUT2D eigenvalue weighted by atomic mass is 16.4. The molecule has 0 radical (unpaired) electrons. The van der Waals surface area contributed by atoms with Crippen LogP contribution in [0.5, 0.6) is 0 Å². The first-order valence-corrected chi connectivity index (χ1v) is 4.14. The van der Waals surface area contributed by atoms with Gasteiger partial charge < -0.3 is 20.4 Å². The van der Waals surface area contributed by atoms with E-state index in [1.54, 1.807) is 0 Å². The van der Waals surface area contributed by atoms with Crippen LogP contribution in [0.25, 0.3) is 0 Å². The van der Waals surface area contributed by atoms with Gasteiger partial charge in [-0.2, -0.15) is 0 Å². The average Bonchev–Trinajstić information content (AvgIpc) is 2.00. The standard InChI is InChI=1S/C8H14O5/c1-4(9)8(13)2-5(10)7(12)6(11)3-8/h5-7,10-13H,2-3H2,1H3/t5-,6?,7?,8?/m1/s1. The molecule has 5 nitrogen and oxygen atoms in total. The molecule has 1 rings (SSSR count). The molecule has 0 amide bonds. The van der Waals surface area contributed by atoms with Gasteiger partial charge in [0.05, 0.1) is 12.2 Å². The van der Waals surface area contributed by atoms with Crippen LogP contribution < -0.4 is 0 Å². The van der Waals surface area contributed by atoms with Gasteiger partial charge in [-0.15, -0.1) is 0 Å². The van der Waals surface area contributed by atoms with Crippen LogP contribution in [0.4, 0.5) is 0 Å². The van der Waals surface area contributed by atoms with E-state index in [-0.39, 0.29) is 12.8 Å². The van der Waals surface area contributed by atoms with Crippen molar-refractivity contribution in [1.82, 2.24) is 0 Å². The van der Waals surface area contributed by atoms with Crippen molar-refractivity contribution >= 4 is 5.78 Å². The third-order valence-electron chi connectivity index (χ3n) is 2.54. The smallest absolute Gasteiger partial charge is 0.161 e. The summed E-state index contributed by atoms with van der Waals surface area (Å²) in [7, 11) is 0. The summed E-state index contributed by atoms with van der Waals surface area (Å²) < 4.78 is 0. The van der Waals surface area contributed by atoms with Gasteiger partial charge in [-0.1, -0.05) is 0 Å². The fourth-order valence-corrected chi connectivity index (χ4v) is 1.56. The van der Waals surface area contributed by atoms with E-state index in [0.717, 1.165) is 0 Å². The maximum atomic E-state index is 11.0. The fourth-order valence-electron chi connectivity index (χ4n) is 1.56. The molecule has 3 unspecified atom stereocenters. The zero-order valence-corrected chi connectivity index (χ0v) is 7.34. The molecule has 13 heavy (non-hydrogen) atoms. The Labute approximate surface area is 75.6 Å². The van der Waals surface area contributed by atoms with E-state index in [9.17, 15) is 20.1 Å². The Morgan fingerprint density at radius 1 is 1.23 bits per heavy atom. The highest BCUT2D eigenvalue weighted by molar-refractivity contribution is 5.84. The van der Waals surface area contributed by atoms with E-state index < -0.39 is 29.7 Å². The number of carbonyl (C=O) groups excluding carboxylic acids is 1. The molecular weight excluding hydrogens is 176 g/mol. The summed E-state index contributed by atoms with van der Waals surface area (Å²) in [4.78, 5) is 11.0.